The van der Waals surface area contributed by atoms with Crippen molar-refractivity contribution < 1.29 is 0 Å². The van der Waals surface area contributed by atoms with Crippen LogP contribution in [0.3, 0.4) is 0 Å². The van der Waals surface area contributed by atoms with Crippen LogP contribution in [0.1, 0.15) is 17.5 Å². The molecular weight excluding hydrogens is 216 g/mol. The lowest BCUT2D eigenvalue weighted by atomic mass is 10.1. The van der Waals surface area contributed by atoms with Gasteiger partial charge in [0.25, 0.3) is 0 Å². The van der Waals surface area contributed by atoms with E-state index in [1.165, 1.54) is 23.5 Å². The zero-order chi connectivity index (χ0) is 11.4. The van der Waals surface area contributed by atoms with Gasteiger partial charge in [0.05, 0.1) is 11.6 Å². The van der Waals surface area contributed by atoms with E-state index in [2.05, 4.69) is 30.1 Å². The van der Waals surface area contributed by atoms with E-state index >= 15 is 0 Å². The first-order chi connectivity index (χ1) is 7.79. The van der Waals surface area contributed by atoms with E-state index in [1.807, 2.05) is 23.9 Å². The Bertz CT molecular complexity index is 374. The Morgan fingerprint density at radius 2 is 2.19 bits per heavy atom. The van der Waals surface area contributed by atoms with Crippen LogP contribution >= 0.6 is 11.8 Å². The molecule has 2 nitrogen and oxygen atoms in total. The van der Waals surface area contributed by atoms with Crippen LogP contribution in [0.5, 0.6) is 0 Å². The molecule has 1 saturated heterocycles. The molecule has 1 aliphatic rings. The molecular formula is C13H16N2S. The van der Waals surface area contributed by atoms with Crippen molar-refractivity contribution in [2.75, 3.05) is 18.6 Å². The van der Waals surface area contributed by atoms with Crippen molar-refractivity contribution in [2.24, 2.45) is 0 Å². The second kappa shape index (κ2) is 5.38. The molecule has 0 radical (unpaired) electrons. The van der Waals surface area contributed by atoms with Crippen molar-refractivity contribution in [3.63, 3.8) is 0 Å². The minimum absolute atomic E-state index is 0.723. The third-order valence-corrected chi connectivity index (χ3v) is 4.19. The summed E-state index contributed by atoms with van der Waals surface area (Å²) in [5.41, 5.74) is 2.03. The van der Waals surface area contributed by atoms with Crippen LogP contribution in [0.25, 0.3) is 0 Å². The van der Waals surface area contributed by atoms with Gasteiger partial charge >= 0.3 is 0 Å². The van der Waals surface area contributed by atoms with Gasteiger partial charge in [-0.3, -0.25) is 4.90 Å². The average molecular weight is 232 g/mol. The fourth-order valence-electron chi connectivity index (χ4n) is 1.97. The van der Waals surface area contributed by atoms with Crippen molar-refractivity contribution in [1.82, 2.24) is 4.90 Å². The number of thioether (sulfide) groups is 1. The summed E-state index contributed by atoms with van der Waals surface area (Å²) in [5, 5.41) is 8.72. The van der Waals surface area contributed by atoms with Crippen LogP contribution in [0.2, 0.25) is 0 Å². The van der Waals surface area contributed by atoms with Crippen molar-refractivity contribution in [3.05, 3.63) is 35.4 Å². The van der Waals surface area contributed by atoms with Gasteiger partial charge in [-0.25, -0.2) is 0 Å². The number of nitriles is 1. The van der Waals surface area contributed by atoms with Crippen LogP contribution in [0, 0.1) is 11.3 Å². The molecule has 16 heavy (non-hydrogen) atoms. The van der Waals surface area contributed by atoms with Gasteiger partial charge in [-0.2, -0.15) is 17.0 Å². The van der Waals surface area contributed by atoms with Crippen molar-refractivity contribution in [3.8, 4) is 6.07 Å². The SMILES string of the molecule is CN(Cc1ccc(C#N)cc1)C1CCSC1. The second-order valence-electron chi connectivity index (χ2n) is 4.24. The lowest BCUT2D eigenvalue weighted by Gasteiger charge is -2.23. The zero-order valence-corrected chi connectivity index (χ0v) is 10.3. The molecule has 1 fully saturated rings. The van der Waals surface area contributed by atoms with E-state index in [4.69, 9.17) is 5.26 Å². The van der Waals surface area contributed by atoms with Gasteiger partial charge in [-0.1, -0.05) is 12.1 Å². The van der Waals surface area contributed by atoms with E-state index in [0.29, 0.717) is 0 Å². The molecule has 0 amide bonds. The zero-order valence-electron chi connectivity index (χ0n) is 9.52. The number of hydrogen-bond acceptors (Lipinski definition) is 3. The highest BCUT2D eigenvalue weighted by molar-refractivity contribution is 7.99. The number of nitrogens with zero attached hydrogens (tertiary/aromatic N) is 2. The molecule has 0 spiro atoms. The highest BCUT2D eigenvalue weighted by Crippen LogP contribution is 2.22. The number of rotatable bonds is 3. The van der Waals surface area contributed by atoms with Crippen molar-refractivity contribution in [2.45, 2.75) is 19.0 Å². The van der Waals surface area contributed by atoms with E-state index < -0.39 is 0 Å². The second-order valence-corrected chi connectivity index (χ2v) is 5.39. The van der Waals surface area contributed by atoms with Gasteiger partial charge in [-0.05, 0) is 36.9 Å². The van der Waals surface area contributed by atoms with Crippen molar-refractivity contribution in [1.29, 1.82) is 5.26 Å². The lowest BCUT2D eigenvalue weighted by Crippen LogP contribution is -2.30. The summed E-state index contributed by atoms with van der Waals surface area (Å²) in [4.78, 5) is 2.42. The van der Waals surface area contributed by atoms with Gasteiger partial charge in [0.2, 0.25) is 0 Å². The highest BCUT2D eigenvalue weighted by atomic mass is 32.2. The first kappa shape index (κ1) is 11.5. The maximum Gasteiger partial charge on any atom is 0.0991 e. The fourth-order valence-corrected chi connectivity index (χ4v) is 3.27. The summed E-state index contributed by atoms with van der Waals surface area (Å²) in [5.74, 6) is 2.55. The molecule has 1 atom stereocenters. The Labute approximate surface area is 101 Å². The predicted octanol–water partition coefficient (Wildman–Crippen LogP) is 2.50. The summed E-state index contributed by atoms with van der Waals surface area (Å²) in [6.07, 6.45) is 1.30. The normalized spacial score (nSPS) is 19.9. The molecule has 1 heterocycles. The molecule has 1 aromatic rings. The molecule has 0 aliphatic carbocycles. The minimum Gasteiger partial charge on any atom is -0.298 e. The third kappa shape index (κ3) is 2.78. The standard InChI is InChI=1S/C13H16N2S/c1-15(13-6-7-16-10-13)9-12-4-2-11(8-14)3-5-12/h2-5,13H,6-7,9-10H2,1H3. The van der Waals surface area contributed by atoms with Gasteiger partial charge in [0.15, 0.2) is 0 Å². The van der Waals surface area contributed by atoms with Crippen LogP contribution < -0.4 is 0 Å². The molecule has 0 aromatic heterocycles. The molecule has 1 aliphatic heterocycles. The molecule has 0 N–H and O–H groups in total. The monoisotopic (exact) mass is 232 g/mol. The van der Waals surface area contributed by atoms with Gasteiger partial charge in [0.1, 0.15) is 0 Å². The molecule has 2 rings (SSSR count). The predicted molar refractivity (Wildman–Crippen MR) is 68.4 cm³/mol. The van der Waals surface area contributed by atoms with Gasteiger partial charge < -0.3 is 0 Å². The maximum atomic E-state index is 8.72. The number of benzene rings is 1. The molecule has 0 saturated carbocycles. The quantitative estimate of drug-likeness (QED) is 0.801. The first-order valence-corrected chi connectivity index (χ1v) is 6.72. The summed E-state index contributed by atoms with van der Waals surface area (Å²) < 4.78 is 0. The molecule has 1 aromatic carbocycles. The Morgan fingerprint density at radius 3 is 2.75 bits per heavy atom. The van der Waals surface area contributed by atoms with Crippen LogP contribution in [-0.4, -0.2) is 29.5 Å². The summed E-state index contributed by atoms with van der Waals surface area (Å²) in [7, 11) is 2.19. The Hall–Kier alpha value is -0.980. The van der Waals surface area contributed by atoms with Crippen LogP contribution in [-0.2, 0) is 6.54 Å². The molecule has 1 unspecified atom stereocenters. The average Bonchev–Trinajstić information content (AvgIpc) is 2.83. The van der Waals surface area contributed by atoms with Gasteiger partial charge in [0, 0.05) is 18.3 Å². The molecule has 0 bridgehead atoms. The van der Waals surface area contributed by atoms with Crippen LogP contribution in [0.4, 0.5) is 0 Å². The van der Waals surface area contributed by atoms with E-state index in [-0.39, 0.29) is 0 Å². The first-order valence-electron chi connectivity index (χ1n) is 5.56. The Balaban J connectivity index is 1.95. The fraction of sp³-hybridized carbons (Fsp3) is 0.462. The summed E-state index contributed by atoms with van der Waals surface area (Å²) >= 11 is 2.04. The van der Waals surface area contributed by atoms with Crippen molar-refractivity contribution >= 4 is 11.8 Å². The van der Waals surface area contributed by atoms with Crippen LogP contribution in [0.15, 0.2) is 24.3 Å². The van der Waals surface area contributed by atoms with Gasteiger partial charge in [-0.15, -0.1) is 0 Å². The minimum atomic E-state index is 0.723. The maximum absolute atomic E-state index is 8.72. The Morgan fingerprint density at radius 1 is 1.44 bits per heavy atom. The third-order valence-electron chi connectivity index (χ3n) is 3.04. The van der Waals surface area contributed by atoms with E-state index in [1.54, 1.807) is 0 Å². The van der Waals surface area contributed by atoms with E-state index in [9.17, 15) is 0 Å². The molecule has 84 valence electrons. The largest absolute Gasteiger partial charge is 0.298 e. The summed E-state index contributed by atoms with van der Waals surface area (Å²) in [6.45, 7) is 0.983. The summed E-state index contributed by atoms with van der Waals surface area (Å²) in [6, 6.07) is 10.8. The number of hydrogen-bond donors (Lipinski definition) is 0. The molecule has 3 heteroatoms. The van der Waals surface area contributed by atoms with E-state index in [0.717, 1.165) is 18.2 Å². The topological polar surface area (TPSA) is 27.0 Å². The highest BCUT2D eigenvalue weighted by Gasteiger charge is 2.19. The smallest absolute Gasteiger partial charge is 0.0991 e. The Kier molecular flexibility index (Phi) is 3.87. The lowest BCUT2D eigenvalue weighted by molar-refractivity contribution is 0.254.